The third-order valence-electron chi connectivity index (χ3n) is 2.92. The first-order valence-corrected chi connectivity index (χ1v) is 7.44. The minimum atomic E-state index is -3.72. The smallest absolute Gasteiger partial charge is 0.242 e. The molecule has 0 aliphatic carbocycles. The average molecular weight is 364 g/mol. The van der Waals surface area contributed by atoms with Crippen LogP contribution < -0.4 is 10.0 Å². The van der Waals surface area contributed by atoms with Crippen LogP contribution in [0.2, 0.25) is 5.02 Å². The van der Waals surface area contributed by atoms with E-state index >= 15 is 0 Å². The van der Waals surface area contributed by atoms with Crippen molar-refractivity contribution in [2.75, 3.05) is 13.1 Å². The molecule has 20 heavy (non-hydrogen) atoms. The summed E-state index contributed by atoms with van der Waals surface area (Å²) >= 11 is 5.94. The van der Waals surface area contributed by atoms with E-state index in [2.05, 4.69) is 10.0 Å². The van der Waals surface area contributed by atoms with E-state index < -0.39 is 22.2 Å². The SMILES string of the molecule is Cc1cccc(Cl)c1S(=O)(=O)N[C@@H]1CNC[C@H]1O.Cl.Cl. The van der Waals surface area contributed by atoms with Crippen LogP contribution in [0.25, 0.3) is 0 Å². The molecule has 0 unspecified atom stereocenters. The van der Waals surface area contributed by atoms with Gasteiger partial charge in [-0.3, -0.25) is 0 Å². The molecular weight excluding hydrogens is 347 g/mol. The molecular formula is C11H17Cl3N2O3S. The van der Waals surface area contributed by atoms with Crippen LogP contribution in [0.3, 0.4) is 0 Å². The maximum Gasteiger partial charge on any atom is 0.242 e. The molecule has 1 aromatic rings. The van der Waals surface area contributed by atoms with Gasteiger partial charge in [0.1, 0.15) is 4.90 Å². The minimum Gasteiger partial charge on any atom is -0.390 e. The summed E-state index contributed by atoms with van der Waals surface area (Å²) < 4.78 is 27.0. The van der Waals surface area contributed by atoms with Crippen LogP contribution in [0.5, 0.6) is 0 Å². The Labute approximate surface area is 136 Å². The molecule has 9 heteroatoms. The van der Waals surface area contributed by atoms with Crippen LogP contribution in [0.1, 0.15) is 5.56 Å². The standard InChI is InChI=1S/C11H15ClN2O3S.2ClH/c1-7-3-2-4-8(12)11(7)18(16,17)14-9-5-13-6-10(9)15;;/h2-4,9-10,13-15H,5-6H2,1H3;2*1H/t9-,10-;;/m1../s1. The van der Waals surface area contributed by atoms with Gasteiger partial charge in [-0.25, -0.2) is 13.1 Å². The molecule has 0 saturated carbocycles. The normalized spacial score (nSPS) is 21.9. The van der Waals surface area contributed by atoms with Crippen molar-refractivity contribution in [1.29, 1.82) is 0 Å². The summed E-state index contributed by atoms with van der Waals surface area (Å²) in [6.07, 6.45) is -0.720. The number of nitrogens with one attached hydrogen (secondary N) is 2. The summed E-state index contributed by atoms with van der Waals surface area (Å²) in [6, 6.07) is 4.39. The highest BCUT2D eigenvalue weighted by Crippen LogP contribution is 2.25. The Morgan fingerprint density at radius 3 is 2.50 bits per heavy atom. The van der Waals surface area contributed by atoms with Crippen LogP contribution in [-0.4, -0.2) is 38.8 Å². The number of aryl methyl sites for hydroxylation is 1. The Morgan fingerprint density at radius 1 is 1.35 bits per heavy atom. The summed E-state index contributed by atoms with van der Waals surface area (Å²) in [5, 5.41) is 12.7. The van der Waals surface area contributed by atoms with Crippen LogP contribution >= 0.6 is 36.4 Å². The first-order chi connectivity index (χ1) is 8.42. The van der Waals surface area contributed by atoms with E-state index in [0.29, 0.717) is 18.7 Å². The first-order valence-electron chi connectivity index (χ1n) is 5.58. The van der Waals surface area contributed by atoms with Gasteiger partial charge in [-0.1, -0.05) is 23.7 Å². The fourth-order valence-corrected chi connectivity index (χ4v) is 4.10. The molecule has 2 atom stereocenters. The van der Waals surface area contributed by atoms with Crippen molar-refractivity contribution >= 4 is 46.4 Å². The van der Waals surface area contributed by atoms with E-state index in [0.717, 1.165) is 0 Å². The molecule has 3 N–H and O–H groups in total. The first kappa shape index (κ1) is 19.9. The number of benzene rings is 1. The highest BCUT2D eigenvalue weighted by molar-refractivity contribution is 7.89. The molecule has 1 fully saturated rings. The fraction of sp³-hybridized carbons (Fsp3) is 0.455. The number of aliphatic hydroxyl groups is 1. The van der Waals surface area contributed by atoms with Crippen molar-refractivity contribution in [2.45, 2.75) is 24.0 Å². The molecule has 1 saturated heterocycles. The maximum absolute atomic E-state index is 12.2. The number of sulfonamides is 1. The van der Waals surface area contributed by atoms with Gasteiger partial charge in [0, 0.05) is 13.1 Å². The number of rotatable bonds is 3. The quantitative estimate of drug-likeness (QED) is 0.751. The van der Waals surface area contributed by atoms with Crippen molar-refractivity contribution in [3.63, 3.8) is 0 Å². The van der Waals surface area contributed by atoms with Crippen LogP contribution in [0.4, 0.5) is 0 Å². The minimum absolute atomic E-state index is 0. The predicted molar refractivity (Wildman–Crippen MR) is 83.7 cm³/mol. The Kier molecular flexibility index (Phi) is 7.76. The van der Waals surface area contributed by atoms with Gasteiger partial charge in [0.25, 0.3) is 0 Å². The van der Waals surface area contributed by atoms with Crippen molar-refractivity contribution < 1.29 is 13.5 Å². The molecule has 1 aliphatic heterocycles. The van der Waals surface area contributed by atoms with Crippen LogP contribution in [0, 0.1) is 6.92 Å². The summed E-state index contributed by atoms with van der Waals surface area (Å²) in [4.78, 5) is 0.0748. The van der Waals surface area contributed by atoms with E-state index in [1.807, 2.05) is 0 Å². The van der Waals surface area contributed by atoms with Crippen molar-refractivity contribution in [3.05, 3.63) is 28.8 Å². The van der Waals surface area contributed by atoms with Gasteiger partial charge >= 0.3 is 0 Å². The van der Waals surface area contributed by atoms with E-state index in [-0.39, 0.29) is 34.7 Å². The summed E-state index contributed by atoms with van der Waals surface area (Å²) in [6.45, 7) is 2.47. The van der Waals surface area contributed by atoms with E-state index in [4.69, 9.17) is 11.6 Å². The zero-order chi connectivity index (χ0) is 13.3. The molecule has 1 heterocycles. The Morgan fingerprint density at radius 2 is 2.00 bits per heavy atom. The molecule has 2 rings (SSSR count). The number of hydrogen-bond acceptors (Lipinski definition) is 4. The number of aliphatic hydroxyl groups excluding tert-OH is 1. The van der Waals surface area contributed by atoms with E-state index in [1.165, 1.54) is 6.07 Å². The van der Waals surface area contributed by atoms with Gasteiger partial charge in [0.05, 0.1) is 17.2 Å². The highest BCUT2D eigenvalue weighted by Gasteiger charge is 2.31. The van der Waals surface area contributed by atoms with Crippen LogP contribution in [0.15, 0.2) is 23.1 Å². The lowest BCUT2D eigenvalue weighted by Gasteiger charge is -2.17. The third kappa shape index (κ3) is 4.21. The molecule has 116 valence electrons. The van der Waals surface area contributed by atoms with Crippen LogP contribution in [-0.2, 0) is 10.0 Å². The number of hydrogen-bond donors (Lipinski definition) is 3. The van der Waals surface area contributed by atoms with Crippen molar-refractivity contribution in [3.8, 4) is 0 Å². The largest absolute Gasteiger partial charge is 0.390 e. The highest BCUT2D eigenvalue weighted by atomic mass is 35.5. The van der Waals surface area contributed by atoms with Gasteiger partial charge in [-0.15, -0.1) is 24.8 Å². The molecule has 0 bridgehead atoms. The van der Waals surface area contributed by atoms with E-state index in [1.54, 1.807) is 19.1 Å². The zero-order valence-corrected chi connectivity index (χ0v) is 13.9. The average Bonchev–Trinajstić information content (AvgIpc) is 2.63. The second-order valence-electron chi connectivity index (χ2n) is 4.34. The maximum atomic E-state index is 12.2. The number of β-amino-alcohol motifs (C(OH)–C–C–N with tert-alkyl or cyclic N) is 1. The van der Waals surface area contributed by atoms with Gasteiger partial charge in [0.2, 0.25) is 10.0 Å². The fourth-order valence-electron chi connectivity index (χ4n) is 2.00. The molecule has 5 nitrogen and oxygen atoms in total. The zero-order valence-electron chi connectivity index (χ0n) is 10.7. The Bertz CT molecular complexity index is 534. The second kappa shape index (κ2) is 7.79. The predicted octanol–water partition coefficient (Wildman–Crippen LogP) is 1.10. The summed E-state index contributed by atoms with van der Waals surface area (Å²) in [5.41, 5.74) is 0.579. The summed E-state index contributed by atoms with van der Waals surface area (Å²) in [5.74, 6) is 0. The second-order valence-corrected chi connectivity index (χ2v) is 6.40. The molecule has 0 amide bonds. The van der Waals surface area contributed by atoms with Crippen molar-refractivity contribution in [2.24, 2.45) is 0 Å². The molecule has 0 spiro atoms. The van der Waals surface area contributed by atoms with Gasteiger partial charge in [-0.2, -0.15) is 0 Å². The topological polar surface area (TPSA) is 78.4 Å². The summed E-state index contributed by atoms with van der Waals surface area (Å²) in [7, 11) is -3.72. The van der Waals surface area contributed by atoms with Gasteiger partial charge in [-0.05, 0) is 18.6 Å². The Balaban J connectivity index is 0.00000180. The van der Waals surface area contributed by atoms with Crippen molar-refractivity contribution in [1.82, 2.24) is 10.0 Å². The van der Waals surface area contributed by atoms with Gasteiger partial charge in [0.15, 0.2) is 0 Å². The van der Waals surface area contributed by atoms with E-state index in [9.17, 15) is 13.5 Å². The molecule has 0 radical (unpaired) electrons. The molecule has 1 aliphatic rings. The lowest BCUT2D eigenvalue weighted by molar-refractivity contribution is 0.172. The molecule has 0 aromatic heterocycles. The lowest BCUT2D eigenvalue weighted by Crippen LogP contribution is -2.42. The van der Waals surface area contributed by atoms with Gasteiger partial charge < -0.3 is 10.4 Å². The monoisotopic (exact) mass is 362 g/mol. The Hall–Kier alpha value is -0.0800. The third-order valence-corrected chi connectivity index (χ3v) is 5.04. The number of halogens is 3. The lowest BCUT2D eigenvalue weighted by atomic mass is 10.2. The molecule has 1 aromatic carbocycles.